The Hall–Kier alpha value is -5.28. The molecule has 0 aromatic heterocycles. The molecule has 4 aromatic carbocycles. The smallest absolute Gasteiger partial charge is 0.287 e. The normalized spacial score (nSPS) is 11.5. The SMILES string of the molecule is CN(C)c1ccc(/C=C(\NC(=O)c2ccccc2)C(=O)N/N=C\c2cc(N=Nc3ccccc3Cl)ccc2O)cc1. The van der Waals surface area contributed by atoms with E-state index in [1.165, 1.54) is 12.3 Å². The highest BCUT2D eigenvalue weighted by molar-refractivity contribution is 6.32. The molecule has 9 nitrogen and oxygen atoms in total. The minimum atomic E-state index is -0.656. The maximum Gasteiger partial charge on any atom is 0.287 e. The van der Waals surface area contributed by atoms with E-state index in [1.807, 2.05) is 43.3 Å². The quantitative estimate of drug-likeness (QED) is 0.0933. The lowest BCUT2D eigenvalue weighted by Crippen LogP contribution is -2.32. The number of halogens is 1. The summed E-state index contributed by atoms with van der Waals surface area (Å²) in [5, 5.41) is 25.7. The minimum absolute atomic E-state index is 0.0138. The van der Waals surface area contributed by atoms with Crippen LogP contribution < -0.4 is 15.6 Å². The highest BCUT2D eigenvalue weighted by Gasteiger charge is 2.14. The molecule has 2 amide bonds. The first-order chi connectivity index (χ1) is 19.8. The van der Waals surface area contributed by atoms with Gasteiger partial charge in [0.05, 0.1) is 16.9 Å². The van der Waals surface area contributed by atoms with Crippen molar-refractivity contribution in [2.45, 2.75) is 0 Å². The van der Waals surface area contributed by atoms with Gasteiger partial charge in [0, 0.05) is 30.9 Å². The molecule has 0 aliphatic rings. The summed E-state index contributed by atoms with van der Waals surface area (Å²) in [6.45, 7) is 0. The molecule has 0 spiro atoms. The van der Waals surface area contributed by atoms with Crippen molar-refractivity contribution in [2.24, 2.45) is 15.3 Å². The fraction of sp³-hybridized carbons (Fsp3) is 0.0645. The number of nitrogens with zero attached hydrogens (tertiary/aromatic N) is 4. The van der Waals surface area contributed by atoms with Crippen LogP contribution in [0.3, 0.4) is 0 Å². The molecule has 10 heteroatoms. The number of azo groups is 1. The molecule has 0 heterocycles. The summed E-state index contributed by atoms with van der Waals surface area (Å²) in [4.78, 5) is 27.9. The second-order valence-electron chi connectivity index (χ2n) is 8.96. The summed E-state index contributed by atoms with van der Waals surface area (Å²) >= 11 is 6.12. The summed E-state index contributed by atoms with van der Waals surface area (Å²) < 4.78 is 0. The number of carbonyl (C=O) groups is 2. The summed E-state index contributed by atoms with van der Waals surface area (Å²) in [5.41, 5.74) is 5.70. The lowest BCUT2D eigenvalue weighted by Gasteiger charge is -2.12. The van der Waals surface area contributed by atoms with Gasteiger partial charge in [0.1, 0.15) is 17.1 Å². The van der Waals surface area contributed by atoms with Gasteiger partial charge in [-0.05, 0) is 66.2 Å². The average molecular weight is 567 g/mol. The van der Waals surface area contributed by atoms with Crippen LogP contribution in [0.4, 0.5) is 17.1 Å². The minimum Gasteiger partial charge on any atom is -0.507 e. The fourth-order valence-electron chi connectivity index (χ4n) is 3.55. The van der Waals surface area contributed by atoms with Gasteiger partial charge in [0.2, 0.25) is 0 Å². The van der Waals surface area contributed by atoms with Crippen molar-refractivity contribution in [1.29, 1.82) is 0 Å². The lowest BCUT2D eigenvalue weighted by atomic mass is 10.1. The lowest BCUT2D eigenvalue weighted by molar-refractivity contribution is -0.117. The Morgan fingerprint density at radius 2 is 1.59 bits per heavy atom. The zero-order chi connectivity index (χ0) is 29.2. The van der Waals surface area contributed by atoms with Gasteiger partial charge >= 0.3 is 0 Å². The van der Waals surface area contributed by atoms with Crippen molar-refractivity contribution in [3.63, 3.8) is 0 Å². The molecular formula is C31H27ClN6O3. The van der Waals surface area contributed by atoms with Crippen molar-refractivity contribution in [3.05, 3.63) is 124 Å². The van der Waals surface area contributed by atoms with Crippen LogP contribution in [0.15, 0.2) is 118 Å². The van der Waals surface area contributed by atoms with Crippen LogP contribution in [0.2, 0.25) is 5.02 Å². The Morgan fingerprint density at radius 1 is 0.878 bits per heavy atom. The van der Waals surface area contributed by atoms with Crippen molar-refractivity contribution >= 4 is 52.8 Å². The van der Waals surface area contributed by atoms with Crippen molar-refractivity contribution in [2.75, 3.05) is 19.0 Å². The van der Waals surface area contributed by atoms with E-state index in [-0.39, 0.29) is 11.4 Å². The highest BCUT2D eigenvalue weighted by Crippen LogP contribution is 2.28. The van der Waals surface area contributed by atoms with E-state index >= 15 is 0 Å². The third-order valence-electron chi connectivity index (χ3n) is 5.76. The molecule has 0 atom stereocenters. The number of amides is 2. The van der Waals surface area contributed by atoms with Crippen molar-refractivity contribution in [1.82, 2.24) is 10.7 Å². The summed E-state index contributed by atoms with van der Waals surface area (Å²) in [5.74, 6) is -1.18. The van der Waals surface area contributed by atoms with Crippen LogP contribution in [0.1, 0.15) is 21.5 Å². The molecule has 0 bridgehead atoms. The molecule has 4 rings (SSSR count). The van der Waals surface area contributed by atoms with Crippen LogP contribution in [0, 0.1) is 0 Å². The molecule has 4 aromatic rings. The monoisotopic (exact) mass is 566 g/mol. The van der Waals surface area contributed by atoms with E-state index in [1.54, 1.807) is 72.8 Å². The van der Waals surface area contributed by atoms with Gasteiger partial charge in [0.15, 0.2) is 0 Å². The highest BCUT2D eigenvalue weighted by atomic mass is 35.5. The van der Waals surface area contributed by atoms with E-state index < -0.39 is 11.8 Å². The van der Waals surface area contributed by atoms with Gasteiger partial charge in [-0.1, -0.05) is 54.1 Å². The molecular weight excluding hydrogens is 540 g/mol. The fourth-order valence-corrected chi connectivity index (χ4v) is 3.72. The first kappa shape index (κ1) is 28.7. The Balaban J connectivity index is 1.52. The molecule has 0 saturated carbocycles. The van der Waals surface area contributed by atoms with Crippen LogP contribution in [0.5, 0.6) is 5.75 Å². The Labute approximate surface area is 242 Å². The van der Waals surface area contributed by atoms with Crippen LogP contribution in [-0.4, -0.2) is 37.2 Å². The van der Waals surface area contributed by atoms with E-state index in [0.717, 1.165) is 5.69 Å². The number of phenolic OH excluding ortho intramolecular Hbond substituents is 1. The molecule has 41 heavy (non-hydrogen) atoms. The molecule has 0 aliphatic heterocycles. The molecule has 3 N–H and O–H groups in total. The number of benzene rings is 4. The number of hydrazone groups is 1. The first-order valence-electron chi connectivity index (χ1n) is 12.5. The van der Waals surface area contributed by atoms with Crippen LogP contribution in [-0.2, 0) is 4.79 Å². The molecule has 0 radical (unpaired) electrons. The number of aromatic hydroxyl groups is 1. The van der Waals surface area contributed by atoms with Crippen LogP contribution in [0.25, 0.3) is 6.08 Å². The van der Waals surface area contributed by atoms with Gasteiger partial charge in [-0.3, -0.25) is 9.59 Å². The maximum absolute atomic E-state index is 13.1. The number of nitrogens with one attached hydrogen (secondary N) is 2. The Kier molecular flexibility index (Phi) is 9.58. The molecule has 206 valence electrons. The topological polar surface area (TPSA) is 119 Å². The average Bonchev–Trinajstić information content (AvgIpc) is 2.98. The molecule has 0 aliphatic carbocycles. The van der Waals surface area contributed by atoms with E-state index in [9.17, 15) is 14.7 Å². The van der Waals surface area contributed by atoms with E-state index in [4.69, 9.17) is 11.6 Å². The second kappa shape index (κ2) is 13.7. The van der Waals surface area contributed by atoms with Gasteiger partial charge in [0.25, 0.3) is 11.8 Å². The zero-order valence-corrected chi connectivity index (χ0v) is 23.1. The summed E-state index contributed by atoms with van der Waals surface area (Å²) in [6, 6.07) is 27.6. The molecule has 0 saturated heterocycles. The Bertz CT molecular complexity index is 1620. The second-order valence-corrected chi connectivity index (χ2v) is 9.36. The number of carbonyl (C=O) groups excluding carboxylic acids is 2. The Morgan fingerprint density at radius 3 is 2.29 bits per heavy atom. The first-order valence-corrected chi connectivity index (χ1v) is 12.9. The predicted molar refractivity (Wildman–Crippen MR) is 162 cm³/mol. The van der Waals surface area contributed by atoms with E-state index in [2.05, 4.69) is 26.1 Å². The van der Waals surface area contributed by atoms with Gasteiger partial charge in [-0.25, -0.2) is 5.43 Å². The maximum atomic E-state index is 13.1. The van der Waals surface area contributed by atoms with E-state index in [0.29, 0.717) is 33.1 Å². The number of rotatable bonds is 9. The van der Waals surface area contributed by atoms with Gasteiger partial charge < -0.3 is 15.3 Å². The van der Waals surface area contributed by atoms with Crippen LogP contribution >= 0.6 is 11.6 Å². The zero-order valence-electron chi connectivity index (χ0n) is 22.3. The van der Waals surface area contributed by atoms with Gasteiger partial charge in [-0.2, -0.15) is 10.2 Å². The van der Waals surface area contributed by atoms with Crippen molar-refractivity contribution in [3.8, 4) is 5.75 Å². The van der Waals surface area contributed by atoms with Gasteiger partial charge in [-0.15, -0.1) is 5.11 Å². The standard InChI is InChI=1S/C31H27ClN6O3/c1-38(2)25-15-12-21(13-16-25)18-28(34-30(40)22-8-4-3-5-9-22)31(41)37-33-20-23-19-24(14-17-29(23)39)35-36-27-11-7-6-10-26(27)32/h3-20,39H,1-2H3,(H,34,40)(H,37,41)/b28-18-,33-20-,36-35?. The van der Waals surface area contributed by atoms with Crippen molar-refractivity contribution < 1.29 is 14.7 Å². The molecule has 0 unspecified atom stereocenters. The number of phenols is 1. The predicted octanol–water partition coefficient (Wildman–Crippen LogP) is 6.45. The number of hydrogen-bond acceptors (Lipinski definition) is 7. The number of hydrogen-bond donors (Lipinski definition) is 3. The number of anilines is 1. The summed E-state index contributed by atoms with van der Waals surface area (Å²) in [7, 11) is 3.86. The third kappa shape index (κ3) is 8.11. The largest absolute Gasteiger partial charge is 0.507 e. The molecule has 0 fully saturated rings. The third-order valence-corrected chi connectivity index (χ3v) is 6.08. The summed E-state index contributed by atoms with van der Waals surface area (Å²) in [6.07, 6.45) is 2.82.